The number of benzene rings is 1. The van der Waals surface area contributed by atoms with Crippen molar-refractivity contribution in [2.75, 3.05) is 6.61 Å². The first-order valence-electron chi connectivity index (χ1n) is 12.0. The number of aliphatic carboxylic acids is 1. The standard InChI is InChI=1S/C27H38O4/c1-2-3-7-14-22(28)17-18-23-24(15-10-4-5-11-16-26(29)30)27(19-25(23)31-20-27)21-12-8-6-9-13-21/h4,6,8-10,12-13,17-18,22-25,28H,2-3,5,7,11,14-16,19-20H2,1H3,(H,29,30)/b10-4-,18-17+/t22-,23+,24+,25+,27+/m1/s1. The van der Waals surface area contributed by atoms with Gasteiger partial charge in [0.25, 0.3) is 0 Å². The van der Waals surface area contributed by atoms with E-state index in [0.29, 0.717) is 18.3 Å². The molecular weight excluding hydrogens is 388 g/mol. The molecule has 1 heterocycles. The Hall–Kier alpha value is -1.91. The molecule has 1 aromatic rings. The number of carboxylic acids is 1. The predicted molar refractivity (Wildman–Crippen MR) is 124 cm³/mol. The molecule has 170 valence electrons. The molecule has 1 aromatic carbocycles. The van der Waals surface area contributed by atoms with Crippen molar-refractivity contribution in [2.24, 2.45) is 11.8 Å². The fourth-order valence-corrected chi connectivity index (χ4v) is 5.38. The van der Waals surface area contributed by atoms with Gasteiger partial charge in [0.15, 0.2) is 0 Å². The molecule has 0 spiro atoms. The molecule has 2 bridgehead atoms. The van der Waals surface area contributed by atoms with E-state index < -0.39 is 5.97 Å². The first-order chi connectivity index (χ1) is 15.1. The number of allylic oxidation sites excluding steroid dienone is 2. The number of fused-ring (bicyclic) bond motifs is 2. The second kappa shape index (κ2) is 11.6. The molecule has 2 aliphatic rings. The van der Waals surface area contributed by atoms with E-state index in [4.69, 9.17) is 9.84 Å². The van der Waals surface area contributed by atoms with Gasteiger partial charge in [0.1, 0.15) is 0 Å². The summed E-state index contributed by atoms with van der Waals surface area (Å²) >= 11 is 0. The summed E-state index contributed by atoms with van der Waals surface area (Å²) in [6, 6.07) is 10.7. The van der Waals surface area contributed by atoms with Crippen LogP contribution in [0.3, 0.4) is 0 Å². The van der Waals surface area contributed by atoms with Gasteiger partial charge in [0.05, 0.1) is 18.8 Å². The lowest BCUT2D eigenvalue weighted by Gasteiger charge is -2.38. The average molecular weight is 427 g/mol. The number of ether oxygens (including phenoxy) is 1. The highest BCUT2D eigenvalue weighted by Gasteiger charge is 2.58. The van der Waals surface area contributed by atoms with Crippen LogP contribution in [0, 0.1) is 11.8 Å². The minimum atomic E-state index is -0.732. The summed E-state index contributed by atoms with van der Waals surface area (Å²) < 4.78 is 6.23. The Morgan fingerprint density at radius 3 is 2.77 bits per heavy atom. The van der Waals surface area contributed by atoms with Gasteiger partial charge in [-0.2, -0.15) is 0 Å². The quantitative estimate of drug-likeness (QED) is 0.316. The van der Waals surface area contributed by atoms with E-state index >= 15 is 0 Å². The van der Waals surface area contributed by atoms with Crippen molar-refractivity contribution in [1.29, 1.82) is 0 Å². The van der Waals surface area contributed by atoms with Gasteiger partial charge < -0.3 is 14.9 Å². The first kappa shape index (κ1) is 23.7. The molecule has 1 saturated carbocycles. The molecule has 5 atom stereocenters. The molecule has 2 N–H and O–H groups in total. The van der Waals surface area contributed by atoms with Gasteiger partial charge >= 0.3 is 5.97 Å². The van der Waals surface area contributed by atoms with E-state index in [1.807, 2.05) is 6.08 Å². The maximum Gasteiger partial charge on any atom is 0.303 e. The van der Waals surface area contributed by atoms with Crippen molar-refractivity contribution in [3.8, 4) is 0 Å². The summed E-state index contributed by atoms with van der Waals surface area (Å²) in [4.78, 5) is 10.7. The average Bonchev–Trinajstić information content (AvgIpc) is 3.33. The Bertz CT molecular complexity index is 741. The molecule has 2 fully saturated rings. The smallest absolute Gasteiger partial charge is 0.303 e. The third-order valence-corrected chi connectivity index (χ3v) is 7.05. The summed E-state index contributed by atoms with van der Waals surface area (Å²) in [5.41, 5.74) is 1.36. The summed E-state index contributed by atoms with van der Waals surface area (Å²) in [5, 5.41) is 19.2. The van der Waals surface area contributed by atoms with Crippen LogP contribution in [0.15, 0.2) is 54.6 Å². The number of hydrogen-bond donors (Lipinski definition) is 2. The number of unbranched alkanes of at least 4 members (excludes halogenated alkanes) is 3. The molecule has 0 unspecified atom stereocenters. The lowest BCUT2D eigenvalue weighted by atomic mass is 9.69. The number of hydrogen-bond acceptors (Lipinski definition) is 3. The van der Waals surface area contributed by atoms with E-state index in [1.165, 1.54) is 5.56 Å². The number of carboxylic acid groups (broad SMARTS) is 1. The third-order valence-electron chi connectivity index (χ3n) is 7.05. The monoisotopic (exact) mass is 426 g/mol. The molecule has 1 saturated heterocycles. The largest absolute Gasteiger partial charge is 0.481 e. The molecule has 1 aliphatic carbocycles. The molecule has 3 rings (SSSR count). The molecule has 0 radical (unpaired) electrons. The Labute approximate surface area is 187 Å². The van der Waals surface area contributed by atoms with Gasteiger partial charge in [-0.1, -0.05) is 80.8 Å². The maximum atomic E-state index is 10.7. The van der Waals surface area contributed by atoms with Gasteiger partial charge in [-0.05, 0) is 43.6 Å². The van der Waals surface area contributed by atoms with Gasteiger partial charge in [-0.15, -0.1) is 0 Å². The number of carbonyl (C=O) groups is 1. The fraction of sp³-hybridized carbons (Fsp3) is 0.593. The molecule has 31 heavy (non-hydrogen) atoms. The topological polar surface area (TPSA) is 66.8 Å². The fourth-order valence-electron chi connectivity index (χ4n) is 5.38. The number of aliphatic hydroxyl groups is 1. The summed E-state index contributed by atoms with van der Waals surface area (Å²) in [5.74, 6) is -0.0219. The van der Waals surface area contributed by atoms with Crippen LogP contribution in [-0.2, 0) is 14.9 Å². The van der Waals surface area contributed by atoms with Crippen LogP contribution in [0.2, 0.25) is 0 Å². The normalized spacial score (nSPS) is 28.6. The Morgan fingerprint density at radius 2 is 2.03 bits per heavy atom. The van der Waals surface area contributed by atoms with Gasteiger partial charge in [-0.25, -0.2) is 0 Å². The Kier molecular flexibility index (Phi) is 8.91. The van der Waals surface area contributed by atoms with E-state index in [9.17, 15) is 9.90 Å². The third kappa shape index (κ3) is 6.08. The lowest BCUT2D eigenvalue weighted by molar-refractivity contribution is -0.137. The highest BCUT2D eigenvalue weighted by Crippen LogP contribution is 2.57. The van der Waals surface area contributed by atoms with Crippen LogP contribution in [0.1, 0.15) is 70.3 Å². The zero-order valence-corrected chi connectivity index (χ0v) is 18.8. The van der Waals surface area contributed by atoms with Crippen LogP contribution < -0.4 is 0 Å². The van der Waals surface area contributed by atoms with Crippen molar-refractivity contribution in [3.63, 3.8) is 0 Å². The van der Waals surface area contributed by atoms with Gasteiger partial charge in [-0.3, -0.25) is 4.79 Å². The van der Waals surface area contributed by atoms with Crippen molar-refractivity contribution in [1.82, 2.24) is 0 Å². The second-order valence-corrected chi connectivity index (χ2v) is 9.20. The lowest BCUT2D eigenvalue weighted by Crippen LogP contribution is -2.39. The van der Waals surface area contributed by atoms with Crippen LogP contribution in [0.25, 0.3) is 0 Å². The molecular formula is C27H38O4. The molecule has 1 aliphatic heterocycles. The summed E-state index contributed by atoms with van der Waals surface area (Å²) in [7, 11) is 0. The summed E-state index contributed by atoms with van der Waals surface area (Å²) in [6.45, 7) is 2.93. The highest BCUT2D eigenvalue weighted by molar-refractivity contribution is 5.66. The Balaban J connectivity index is 1.71. The SMILES string of the molecule is CCCCC[C@@H](O)/C=C/[C@@H]1[C@@H]2C[C@@](c3ccccc3)(CO2)[C@H]1C/C=C\CCCC(=O)O. The van der Waals surface area contributed by atoms with E-state index in [1.54, 1.807) is 0 Å². The minimum Gasteiger partial charge on any atom is -0.481 e. The van der Waals surface area contributed by atoms with Crippen molar-refractivity contribution in [3.05, 3.63) is 60.2 Å². The van der Waals surface area contributed by atoms with Crippen molar-refractivity contribution < 1.29 is 19.7 Å². The number of rotatable bonds is 13. The first-order valence-corrected chi connectivity index (χ1v) is 12.0. The summed E-state index contributed by atoms with van der Waals surface area (Å²) in [6.07, 6.45) is 16.3. The van der Waals surface area contributed by atoms with Crippen LogP contribution in [0.5, 0.6) is 0 Å². The Morgan fingerprint density at radius 1 is 1.23 bits per heavy atom. The van der Waals surface area contributed by atoms with Gasteiger partial charge in [0, 0.05) is 17.8 Å². The van der Waals surface area contributed by atoms with Gasteiger partial charge in [0.2, 0.25) is 0 Å². The zero-order chi connectivity index (χ0) is 22.1. The maximum absolute atomic E-state index is 10.7. The van der Waals surface area contributed by atoms with E-state index in [-0.39, 0.29) is 24.0 Å². The van der Waals surface area contributed by atoms with E-state index in [2.05, 4.69) is 55.5 Å². The van der Waals surface area contributed by atoms with E-state index in [0.717, 1.165) is 51.6 Å². The predicted octanol–water partition coefficient (Wildman–Crippen LogP) is 5.66. The zero-order valence-electron chi connectivity index (χ0n) is 18.8. The minimum absolute atomic E-state index is 0.0134. The number of aliphatic hydroxyl groups excluding tert-OH is 1. The molecule has 4 heteroatoms. The highest BCUT2D eigenvalue weighted by atomic mass is 16.5. The van der Waals surface area contributed by atoms with Crippen molar-refractivity contribution >= 4 is 5.97 Å². The molecule has 0 aromatic heterocycles. The van der Waals surface area contributed by atoms with Crippen molar-refractivity contribution in [2.45, 2.75) is 82.3 Å². The molecule has 4 nitrogen and oxygen atoms in total. The van der Waals surface area contributed by atoms with Crippen LogP contribution in [0.4, 0.5) is 0 Å². The van der Waals surface area contributed by atoms with Crippen LogP contribution in [-0.4, -0.2) is 35.0 Å². The second-order valence-electron chi connectivity index (χ2n) is 9.20. The molecule has 0 amide bonds. The van der Waals surface area contributed by atoms with Crippen LogP contribution >= 0.6 is 0 Å².